The van der Waals surface area contributed by atoms with Gasteiger partial charge in [-0.1, -0.05) is 0 Å². The first-order valence-corrected chi connectivity index (χ1v) is 2.77. The van der Waals surface area contributed by atoms with Crippen molar-refractivity contribution in [1.82, 2.24) is 14.8 Å². The van der Waals surface area contributed by atoms with E-state index in [0.29, 0.717) is 0 Å². The van der Waals surface area contributed by atoms with E-state index in [0.717, 1.165) is 4.68 Å². The summed E-state index contributed by atoms with van der Waals surface area (Å²) < 4.78 is 1.01. The van der Waals surface area contributed by atoms with Crippen LogP contribution in [0.2, 0.25) is 0 Å². The van der Waals surface area contributed by atoms with Gasteiger partial charge in [-0.3, -0.25) is 4.79 Å². The van der Waals surface area contributed by atoms with E-state index in [2.05, 4.69) is 10.1 Å². The molecule has 0 saturated carbocycles. The SMILES string of the molecule is Nc1nc(N)n(CC(=O)O)n1. The quantitative estimate of drug-likeness (QED) is 0.481. The topological polar surface area (TPSA) is 120 Å². The Bertz CT molecular complexity index is 280. The highest BCUT2D eigenvalue weighted by atomic mass is 16.4. The number of carbonyl (C=O) groups is 1. The number of hydrogen-bond acceptors (Lipinski definition) is 5. The molecule has 0 aliphatic heterocycles. The molecule has 0 atom stereocenters. The van der Waals surface area contributed by atoms with Gasteiger partial charge in [-0.15, -0.1) is 5.10 Å². The lowest BCUT2D eigenvalue weighted by Crippen LogP contribution is -2.12. The maximum Gasteiger partial charge on any atom is 0.325 e. The largest absolute Gasteiger partial charge is 0.480 e. The summed E-state index contributed by atoms with van der Waals surface area (Å²) in [5, 5.41) is 11.8. The molecule has 0 saturated heterocycles. The van der Waals surface area contributed by atoms with Crippen molar-refractivity contribution in [2.75, 3.05) is 11.5 Å². The minimum absolute atomic E-state index is 0.00454. The van der Waals surface area contributed by atoms with Crippen LogP contribution < -0.4 is 11.5 Å². The number of hydrogen-bond donors (Lipinski definition) is 3. The van der Waals surface area contributed by atoms with Crippen molar-refractivity contribution < 1.29 is 9.90 Å². The van der Waals surface area contributed by atoms with Crippen LogP contribution in [0, 0.1) is 0 Å². The maximum absolute atomic E-state index is 10.1. The molecule has 7 nitrogen and oxygen atoms in total. The minimum atomic E-state index is -1.04. The molecule has 5 N–H and O–H groups in total. The Morgan fingerprint density at radius 1 is 1.64 bits per heavy atom. The van der Waals surface area contributed by atoms with Crippen LogP contribution in [-0.2, 0) is 11.3 Å². The van der Waals surface area contributed by atoms with Crippen molar-refractivity contribution >= 4 is 17.9 Å². The Morgan fingerprint density at radius 2 is 2.27 bits per heavy atom. The molecular formula is C4H7N5O2. The zero-order chi connectivity index (χ0) is 8.43. The smallest absolute Gasteiger partial charge is 0.325 e. The van der Waals surface area contributed by atoms with E-state index in [9.17, 15) is 4.79 Å². The van der Waals surface area contributed by atoms with E-state index in [1.165, 1.54) is 0 Å². The molecule has 0 fully saturated rings. The van der Waals surface area contributed by atoms with Crippen LogP contribution in [0.25, 0.3) is 0 Å². The number of aromatic nitrogens is 3. The molecule has 1 rings (SSSR count). The number of anilines is 2. The fourth-order valence-corrected chi connectivity index (χ4v) is 0.617. The van der Waals surface area contributed by atoms with Gasteiger partial charge in [-0.2, -0.15) is 4.98 Å². The van der Waals surface area contributed by atoms with Gasteiger partial charge < -0.3 is 16.6 Å². The molecule has 7 heteroatoms. The molecule has 1 aromatic rings. The van der Waals surface area contributed by atoms with Gasteiger partial charge >= 0.3 is 5.97 Å². The average Bonchev–Trinajstić information content (AvgIpc) is 2.09. The van der Waals surface area contributed by atoms with Crippen LogP contribution >= 0.6 is 0 Å². The van der Waals surface area contributed by atoms with E-state index >= 15 is 0 Å². The lowest BCUT2D eigenvalue weighted by molar-refractivity contribution is -0.137. The molecule has 0 aliphatic rings. The number of carboxylic acids is 1. The Balaban J connectivity index is 2.85. The van der Waals surface area contributed by atoms with E-state index < -0.39 is 5.97 Å². The van der Waals surface area contributed by atoms with E-state index in [4.69, 9.17) is 16.6 Å². The molecular weight excluding hydrogens is 150 g/mol. The van der Waals surface area contributed by atoms with Crippen LogP contribution in [0.15, 0.2) is 0 Å². The third-order valence-electron chi connectivity index (χ3n) is 1.00. The van der Waals surface area contributed by atoms with Crippen LogP contribution in [0.1, 0.15) is 0 Å². The van der Waals surface area contributed by atoms with Crippen LogP contribution in [0.3, 0.4) is 0 Å². The summed E-state index contributed by atoms with van der Waals surface area (Å²) in [6, 6.07) is 0. The van der Waals surface area contributed by atoms with Crippen molar-refractivity contribution in [3.63, 3.8) is 0 Å². The fraction of sp³-hybridized carbons (Fsp3) is 0.250. The lowest BCUT2D eigenvalue weighted by Gasteiger charge is -1.94. The number of aliphatic carboxylic acids is 1. The van der Waals surface area contributed by atoms with Crippen LogP contribution in [0.5, 0.6) is 0 Å². The highest BCUT2D eigenvalue weighted by Crippen LogP contribution is 1.99. The summed E-state index contributed by atoms with van der Waals surface area (Å²) in [6.07, 6.45) is 0. The van der Waals surface area contributed by atoms with Gasteiger partial charge in [0.1, 0.15) is 6.54 Å². The first kappa shape index (κ1) is 7.32. The van der Waals surface area contributed by atoms with Crippen LogP contribution in [0.4, 0.5) is 11.9 Å². The van der Waals surface area contributed by atoms with Crippen LogP contribution in [-0.4, -0.2) is 25.8 Å². The zero-order valence-corrected chi connectivity index (χ0v) is 5.56. The van der Waals surface area contributed by atoms with Crippen molar-refractivity contribution in [2.45, 2.75) is 6.54 Å². The highest BCUT2D eigenvalue weighted by Gasteiger charge is 2.06. The molecule has 1 aromatic heterocycles. The van der Waals surface area contributed by atoms with Gasteiger partial charge in [0.15, 0.2) is 0 Å². The molecule has 0 unspecified atom stereocenters. The van der Waals surface area contributed by atoms with Crippen molar-refractivity contribution in [3.8, 4) is 0 Å². The second-order valence-electron chi connectivity index (χ2n) is 1.88. The molecule has 0 spiro atoms. The summed E-state index contributed by atoms with van der Waals surface area (Å²) >= 11 is 0. The van der Waals surface area contributed by atoms with Crippen molar-refractivity contribution in [3.05, 3.63) is 0 Å². The fourth-order valence-electron chi connectivity index (χ4n) is 0.617. The number of nitrogens with zero attached hydrogens (tertiary/aromatic N) is 3. The van der Waals surface area contributed by atoms with E-state index in [1.807, 2.05) is 0 Å². The number of nitrogen functional groups attached to an aromatic ring is 2. The molecule has 0 aliphatic carbocycles. The zero-order valence-electron chi connectivity index (χ0n) is 5.56. The third-order valence-corrected chi connectivity index (χ3v) is 1.00. The first-order chi connectivity index (χ1) is 5.09. The predicted octanol–water partition coefficient (Wildman–Crippen LogP) is -1.47. The van der Waals surface area contributed by atoms with Gasteiger partial charge in [0, 0.05) is 0 Å². The Labute approximate surface area is 61.6 Å². The van der Waals surface area contributed by atoms with Gasteiger partial charge in [-0.25, -0.2) is 4.68 Å². The number of rotatable bonds is 2. The molecule has 0 amide bonds. The van der Waals surface area contributed by atoms with Crippen molar-refractivity contribution in [1.29, 1.82) is 0 Å². The third kappa shape index (κ3) is 1.57. The molecule has 1 heterocycles. The normalized spacial score (nSPS) is 9.82. The average molecular weight is 157 g/mol. The van der Waals surface area contributed by atoms with Gasteiger partial charge in [-0.05, 0) is 0 Å². The Kier molecular flexibility index (Phi) is 1.63. The van der Waals surface area contributed by atoms with Crippen molar-refractivity contribution in [2.24, 2.45) is 0 Å². The number of carboxylic acid groups (broad SMARTS) is 1. The maximum atomic E-state index is 10.1. The summed E-state index contributed by atoms with van der Waals surface area (Å²) in [5.41, 5.74) is 10.4. The second-order valence-corrected chi connectivity index (χ2v) is 1.88. The summed E-state index contributed by atoms with van der Waals surface area (Å²) in [6.45, 7) is -0.323. The highest BCUT2D eigenvalue weighted by molar-refractivity contribution is 5.66. The van der Waals surface area contributed by atoms with E-state index in [1.54, 1.807) is 0 Å². The Morgan fingerprint density at radius 3 is 2.64 bits per heavy atom. The molecule has 0 bridgehead atoms. The summed E-state index contributed by atoms with van der Waals surface area (Å²) in [7, 11) is 0. The van der Waals surface area contributed by atoms with E-state index in [-0.39, 0.29) is 18.4 Å². The lowest BCUT2D eigenvalue weighted by atomic mass is 10.7. The predicted molar refractivity (Wildman–Crippen MR) is 36.5 cm³/mol. The second kappa shape index (κ2) is 2.45. The monoisotopic (exact) mass is 157 g/mol. The molecule has 0 radical (unpaired) electrons. The van der Waals surface area contributed by atoms with Gasteiger partial charge in [0.2, 0.25) is 11.9 Å². The van der Waals surface area contributed by atoms with Gasteiger partial charge in [0.25, 0.3) is 0 Å². The first-order valence-electron chi connectivity index (χ1n) is 2.77. The molecule has 0 aromatic carbocycles. The summed E-state index contributed by atoms with van der Waals surface area (Å²) in [4.78, 5) is 13.7. The number of nitrogens with two attached hydrogens (primary N) is 2. The molecule has 60 valence electrons. The minimum Gasteiger partial charge on any atom is -0.480 e. The Hall–Kier alpha value is -1.79. The summed E-state index contributed by atoms with van der Waals surface area (Å²) in [5.74, 6) is -1.06. The standard InChI is InChI=1S/C4H7N5O2/c5-3-7-4(6)9(8-3)1-2(10)11/h1H2,(H,10,11)(H4,5,6,7,8). The van der Waals surface area contributed by atoms with Gasteiger partial charge in [0.05, 0.1) is 0 Å². The molecule has 11 heavy (non-hydrogen) atoms.